The molecule has 2 unspecified atom stereocenters. The number of hydrogen-bond acceptors (Lipinski definition) is 6. The summed E-state index contributed by atoms with van der Waals surface area (Å²) in [4.78, 5) is 19.5. The molecule has 6 N–H and O–H groups in total. The molecule has 15 heavy (non-hydrogen) atoms. The number of carbonyl (C=O) groups is 2. The second-order valence-electron chi connectivity index (χ2n) is 2.46. The average Bonchev–Trinajstić information content (AvgIpc) is 2.16. The smallest absolute Gasteiger partial charge is 0.335 e. The number of carboxylic acid groups (broad SMARTS) is 2. The number of aliphatic hydroxyl groups is 4. The van der Waals surface area contributed by atoms with Crippen LogP contribution >= 0.6 is 0 Å². The van der Waals surface area contributed by atoms with E-state index in [9.17, 15) is 9.59 Å². The molecular formula is C7H14O8. The first-order valence-electron chi connectivity index (χ1n) is 3.91. The predicted octanol–water partition coefficient (Wildman–Crippen LogP) is -2.42. The van der Waals surface area contributed by atoms with Crippen LogP contribution in [-0.2, 0) is 9.59 Å². The zero-order valence-corrected chi connectivity index (χ0v) is 7.94. The molecule has 0 bridgehead atoms. The third-order valence-corrected chi connectivity index (χ3v) is 1.17. The molecule has 0 radical (unpaired) electrons. The maximum absolute atomic E-state index is 9.77. The Kier molecular flexibility index (Phi) is 8.78. The summed E-state index contributed by atoms with van der Waals surface area (Å²) < 4.78 is 0. The summed E-state index contributed by atoms with van der Waals surface area (Å²) in [5, 5.41) is 48.4. The third kappa shape index (κ3) is 9.09. The van der Waals surface area contributed by atoms with Crippen molar-refractivity contribution < 1.29 is 40.2 Å². The Balaban J connectivity index is 0. The van der Waals surface area contributed by atoms with Gasteiger partial charge in [-0.2, -0.15) is 0 Å². The molecule has 90 valence electrons. The minimum atomic E-state index is -2.27. The van der Waals surface area contributed by atoms with Gasteiger partial charge in [0.1, 0.15) is 0 Å². The molecule has 0 saturated carbocycles. The lowest BCUT2D eigenvalue weighted by Crippen LogP contribution is -2.39. The molecule has 0 aliphatic carbocycles. The van der Waals surface area contributed by atoms with Crippen LogP contribution in [-0.4, -0.2) is 61.1 Å². The van der Waals surface area contributed by atoms with Gasteiger partial charge in [0.2, 0.25) is 0 Å². The molecular weight excluding hydrogens is 212 g/mol. The van der Waals surface area contributed by atoms with Gasteiger partial charge in [0.05, 0.1) is 0 Å². The molecule has 0 spiro atoms. The standard InChI is InChI=1S/C4H6O6.C3H8O2/c5-1(3(7)8)2(6)4(9)10;1-2-3(4)5/h1-2,5-6H,(H,7,8)(H,9,10);3-5H,2H2,1H3. The molecule has 0 rings (SSSR count). The Morgan fingerprint density at radius 1 is 0.933 bits per heavy atom. The van der Waals surface area contributed by atoms with E-state index >= 15 is 0 Å². The molecule has 0 aromatic carbocycles. The van der Waals surface area contributed by atoms with Crippen LogP contribution in [0.25, 0.3) is 0 Å². The van der Waals surface area contributed by atoms with Crippen LogP contribution < -0.4 is 0 Å². The molecule has 0 aliphatic heterocycles. The van der Waals surface area contributed by atoms with E-state index < -0.39 is 30.4 Å². The summed E-state index contributed by atoms with van der Waals surface area (Å²) in [5.74, 6) is -3.54. The zero-order chi connectivity index (χ0) is 12.6. The molecule has 2 atom stereocenters. The van der Waals surface area contributed by atoms with Gasteiger partial charge in [-0.3, -0.25) is 0 Å². The van der Waals surface area contributed by atoms with Crippen LogP contribution in [0.4, 0.5) is 0 Å². The van der Waals surface area contributed by atoms with Crippen molar-refractivity contribution in [2.24, 2.45) is 0 Å². The van der Waals surface area contributed by atoms with Crippen LogP contribution in [0, 0.1) is 0 Å². The molecule has 0 aliphatic rings. The molecule has 0 aromatic rings. The van der Waals surface area contributed by atoms with Gasteiger partial charge in [-0.25, -0.2) is 9.59 Å². The number of rotatable bonds is 4. The van der Waals surface area contributed by atoms with Gasteiger partial charge in [0.15, 0.2) is 18.5 Å². The molecule has 0 heterocycles. The topological polar surface area (TPSA) is 156 Å². The first-order chi connectivity index (χ1) is 6.73. The van der Waals surface area contributed by atoms with E-state index in [-0.39, 0.29) is 0 Å². The van der Waals surface area contributed by atoms with Gasteiger partial charge in [-0.1, -0.05) is 6.92 Å². The molecule has 8 heteroatoms. The van der Waals surface area contributed by atoms with Crippen molar-refractivity contribution in [3.05, 3.63) is 0 Å². The van der Waals surface area contributed by atoms with Gasteiger partial charge < -0.3 is 30.6 Å². The fourth-order valence-electron chi connectivity index (χ4n) is 0.270. The predicted molar refractivity (Wildman–Crippen MR) is 45.8 cm³/mol. The lowest BCUT2D eigenvalue weighted by molar-refractivity contribution is -0.165. The van der Waals surface area contributed by atoms with Crippen molar-refractivity contribution in [1.82, 2.24) is 0 Å². The van der Waals surface area contributed by atoms with Gasteiger partial charge >= 0.3 is 11.9 Å². The van der Waals surface area contributed by atoms with Crippen LogP contribution in [0.3, 0.4) is 0 Å². The fourth-order valence-corrected chi connectivity index (χ4v) is 0.270. The van der Waals surface area contributed by atoms with Crippen LogP contribution in [0.5, 0.6) is 0 Å². The maximum Gasteiger partial charge on any atom is 0.335 e. The van der Waals surface area contributed by atoms with E-state index in [2.05, 4.69) is 0 Å². The first-order valence-corrected chi connectivity index (χ1v) is 3.91. The van der Waals surface area contributed by atoms with Crippen molar-refractivity contribution in [3.63, 3.8) is 0 Å². The maximum atomic E-state index is 9.77. The van der Waals surface area contributed by atoms with E-state index in [4.69, 9.17) is 30.6 Å². The van der Waals surface area contributed by atoms with Crippen molar-refractivity contribution in [2.45, 2.75) is 31.8 Å². The lowest BCUT2D eigenvalue weighted by atomic mass is 10.2. The Labute approximate surface area is 85.0 Å². The van der Waals surface area contributed by atoms with Crippen molar-refractivity contribution in [1.29, 1.82) is 0 Å². The minimum absolute atomic E-state index is 0.417. The Bertz CT molecular complexity index is 183. The summed E-state index contributed by atoms with van der Waals surface area (Å²) in [6.07, 6.45) is -5.23. The number of aliphatic hydroxyl groups excluding tert-OH is 3. The van der Waals surface area contributed by atoms with Crippen LogP contribution in [0.15, 0.2) is 0 Å². The summed E-state index contributed by atoms with van der Waals surface area (Å²) in [5.41, 5.74) is 0. The lowest BCUT2D eigenvalue weighted by Gasteiger charge is -2.07. The minimum Gasteiger partial charge on any atom is -0.479 e. The first kappa shape index (κ1) is 16.2. The van der Waals surface area contributed by atoms with Crippen LogP contribution in [0.1, 0.15) is 13.3 Å². The Hall–Kier alpha value is -1.22. The Morgan fingerprint density at radius 2 is 1.13 bits per heavy atom. The van der Waals surface area contributed by atoms with E-state index in [0.717, 1.165) is 0 Å². The number of hydrogen-bond donors (Lipinski definition) is 6. The second-order valence-corrected chi connectivity index (χ2v) is 2.46. The highest BCUT2D eigenvalue weighted by Crippen LogP contribution is 1.92. The fraction of sp³-hybridized carbons (Fsp3) is 0.714. The number of carboxylic acids is 2. The zero-order valence-electron chi connectivity index (χ0n) is 7.94. The summed E-state index contributed by atoms with van der Waals surface area (Å²) >= 11 is 0. The van der Waals surface area contributed by atoms with E-state index in [1.165, 1.54) is 0 Å². The summed E-state index contributed by atoms with van der Waals surface area (Å²) in [6, 6.07) is 0. The molecule has 0 fully saturated rings. The molecule has 0 amide bonds. The van der Waals surface area contributed by atoms with Crippen molar-refractivity contribution in [3.8, 4) is 0 Å². The SMILES string of the molecule is CCC(O)O.O=C(O)C(O)C(O)C(=O)O. The van der Waals surface area contributed by atoms with E-state index in [1.807, 2.05) is 0 Å². The van der Waals surface area contributed by atoms with Crippen molar-refractivity contribution >= 4 is 11.9 Å². The highest BCUT2D eigenvalue weighted by atomic mass is 16.5. The largest absolute Gasteiger partial charge is 0.479 e. The molecule has 0 aromatic heterocycles. The Morgan fingerprint density at radius 3 is 1.20 bits per heavy atom. The summed E-state index contributed by atoms with van der Waals surface area (Å²) in [6.45, 7) is 1.70. The number of aliphatic carboxylic acids is 2. The highest BCUT2D eigenvalue weighted by molar-refractivity contribution is 5.82. The van der Waals surface area contributed by atoms with Gasteiger partial charge in [0.25, 0.3) is 0 Å². The van der Waals surface area contributed by atoms with Crippen LogP contribution in [0.2, 0.25) is 0 Å². The normalized spacial score (nSPS) is 13.7. The average molecular weight is 226 g/mol. The quantitative estimate of drug-likeness (QED) is 0.289. The molecule has 0 saturated heterocycles. The monoisotopic (exact) mass is 226 g/mol. The van der Waals surface area contributed by atoms with E-state index in [0.29, 0.717) is 6.42 Å². The second kappa shape index (κ2) is 8.12. The third-order valence-electron chi connectivity index (χ3n) is 1.17. The van der Waals surface area contributed by atoms with Gasteiger partial charge in [-0.05, 0) is 6.42 Å². The van der Waals surface area contributed by atoms with Crippen molar-refractivity contribution in [2.75, 3.05) is 0 Å². The van der Waals surface area contributed by atoms with Gasteiger partial charge in [-0.15, -0.1) is 0 Å². The highest BCUT2D eigenvalue weighted by Gasteiger charge is 2.29. The molecule has 8 nitrogen and oxygen atoms in total. The van der Waals surface area contributed by atoms with Gasteiger partial charge in [0, 0.05) is 0 Å². The van der Waals surface area contributed by atoms with E-state index in [1.54, 1.807) is 6.92 Å². The summed E-state index contributed by atoms with van der Waals surface area (Å²) in [7, 11) is 0.